The normalized spacial score (nSPS) is 20.5. The predicted octanol–water partition coefficient (Wildman–Crippen LogP) is -0.994. The maximum atomic E-state index is 10.9. The minimum absolute atomic E-state index is 0.114. The Hall–Kier alpha value is -0.420. The summed E-state index contributed by atoms with van der Waals surface area (Å²) in [4.78, 5) is 10.9. The van der Waals surface area contributed by atoms with E-state index in [0.717, 1.165) is 13.1 Å². The number of nitrogens with one attached hydrogen (secondary N) is 2. The molecule has 0 saturated carbocycles. The van der Waals surface area contributed by atoms with Crippen molar-refractivity contribution in [3.05, 3.63) is 0 Å². The van der Waals surface area contributed by atoms with Gasteiger partial charge in [-0.2, -0.15) is 0 Å². The molecule has 1 aliphatic rings. The van der Waals surface area contributed by atoms with Crippen LogP contribution in [0.15, 0.2) is 0 Å². The molecule has 1 saturated heterocycles. The number of carbonyl (C=O) groups excluding carboxylic acids is 1. The van der Waals surface area contributed by atoms with E-state index in [-0.39, 0.29) is 5.91 Å². The van der Waals surface area contributed by atoms with Crippen molar-refractivity contribution in [2.75, 3.05) is 19.3 Å². The molecule has 0 aromatic rings. The van der Waals surface area contributed by atoms with Gasteiger partial charge in [-0.1, -0.05) is 0 Å². The first kappa shape index (κ1) is 8.67. The van der Waals surface area contributed by atoms with Crippen LogP contribution >= 0.6 is 0 Å². The Morgan fingerprint density at radius 2 is 2.36 bits per heavy atom. The van der Waals surface area contributed by atoms with Crippen molar-refractivity contribution in [1.29, 1.82) is 0 Å². The van der Waals surface area contributed by atoms with E-state index in [1.165, 1.54) is 6.26 Å². The van der Waals surface area contributed by atoms with Crippen molar-refractivity contribution in [2.24, 2.45) is 5.92 Å². The Bertz CT molecular complexity index is 179. The molecule has 0 radical (unpaired) electrons. The average molecular weight is 176 g/mol. The van der Waals surface area contributed by atoms with E-state index >= 15 is 0 Å². The monoisotopic (exact) mass is 176 g/mol. The van der Waals surface area contributed by atoms with Crippen LogP contribution in [-0.2, 0) is 15.8 Å². The largest absolute Gasteiger partial charge is 0.316 e. The average Bonchev–Trinajstić information content (AvgIpc) is 1.77. The Balaban J connectivity index is 2.14. The van der Waals surface area contributed by atoms with Crippen molar-refractivity contribution in [3.63, 3.8) is 0 Å². The van der Waals surface area contributed by atoms with Crippen LogP contribution in [0.1, 0.15) is 6.42 Å². The third-order valence-electron chi connectivity index (χ3n) is 1.60. The molecule has 0 bridgehead atoms. The highest BCUT2D eigenvalue weighted by Gasteiger charge is 2.20. The van der Waals surface area contributed by atoms with Gasteiger partial charge in [0.1, 0.15) is 11.0 Å². The third-order valence-corrected chi connectivity index (χ3v) is 2.11. The van der Waals surface area contributed by atoms with E-state index in [1.807, 2.05) is 0 Å². The van der Waals surface area contributed by atoms with Crippen LogP contribution in [0, 0.1) is 5.92 Å². The highest BCUT2D eigenvalue weighted by molar-refractivity contribution is 7.82. The molecule has 0 aromatic carbocycles. The summed E-state index contributed by atoms with van der Waals surface area (Å²) in [5.41, 5.74) is 0. The van der Waals surface area contributed by atoms with Crippen LogP contribution < -0.4 is 10.0 Å². The molecule has 4 nitrogen and oxygen atoms in total. The maximum absolute atomic E-state index is 10.9. The summed E-state index contributed by atoms with van der Waals surface area (Å²) in [5.74, 6) is 0.330. The first-order valence-corrected chi connectivity index (χ1v) is 5.08. The fourth-order valence-corrected chi connectivity index (χ4v) is 1.36. The molecule has 1 heterocycles. The molecule has 1 fully saturated rings. The zero-order valence-electron chi connectivity index (χ0n) is 6.42. The van der Waals surface area contributed by atoms with Crippen LogP contribution in [0.3, 0.4) is 0 Å². The Morgan fingerprint density at radius 3 is 2.73 bits per heavy atom. The van der Waals surface area contributed by atoms with Gasteiger partial charge in [0.25, 0.3) is 0 Å². The number of rotatable bonds is 3. The summed E-state index contributed by atoms with van der Waals surface area (Å²) in [5, 5.41) is 3.06. The summed E-state index contributed by atoms with van der Waals surface area (Å²) in [6.45, 7) is 1.81. The van der Waals surface area contributed by atoms with Gasteiger partial charge in [-0.15, -0.1) is 0 Å². The second kappa shape index (κ2) is 3.82. The van der Waals surface area contributed by atoms with Crippen LogP contribution in [0.5, 0.6) is 0 Å². The smallest absolute Gasteiger partial charge is 0.232 e. The topological polar surface area (TPSA) is 58.2 Å². The molecule has 1 amide bonds. The number of hydrogen-bond donors (Lipinski definition) is 2. The number of hydrogen-bond acceptors (Lipinski definition) is 3. The fourth-order valence-electron chi connectivity index (χ4n) is 0.957. The lowest BCUT2D eigenvalue weighted by Crippen LogP contribution is -2.44. The van der Waals surface area contributed by atoms with Crippen LogP contribution in [0.2, 0.25) is 0 Å². The second-order valence-corrected chi connectivity index (χ2v) is 3.82. The zero-order valence-corrected chi connectivity index (χ0v) is 7.24. The second-order valence-electron chi connectivity index (χ2n) is 2.71. The van der Waals surface area contributed by atoms with Gasteiger partial charge in [-0.25, -0.2) is 4.21 Å². The molecule has 1 rings (SSSR count). The van der Waals surface area contributed by atoms with Crippen LogP contribution in [-0.4, -0.2) is 29.5 Å². The lowest BCUT2D eigenvalue weighted by atomic mass is 9.99. The van der Waals surface area contributed by atoms with Gasteiger partial charge in [0, 0.05) is 12.7 Å². The van der Waals surface area contributed by atoms with E-state index in [1.54, 1.807) is 0 Å². The Labute approximate surface area is 68.3 Å². The zero-order chi connectivity index (χ0) is 8.27. The number of amides is 1. The molecule has 0 aliphatic carbocycles. The Morgan fingerprint density at radius 1 is 1.73 bits per heavy atom. The Kier molecular flexibility index (Phi) is 3.02. The highest BCUT2D eigenvalue weighted by atomic mass is 32.2. The summed E-state index contributed by atoms with van der Waals surface area (Å²) in [6, 6.07) is 0. The van der Waals surface area contributed by atoms with E-state index in [4.69, 9.17) is 0 Å². The first-order chi connectivity index (χ1) is 5.18. The predicted molar refractivity (Wildman–Crippen MR) is 43.2 cm³/mol. The quantitative estimate of drug-likeness (QED) is 0.580. The molecule has 2 N–H and O–H groups in total. The number of carbonyl (C=O) groups is 1. The van der Waals surface area contributed by atoms with Crippen molar-refractivity contribution in [3.8, 4) is 0 Å². The standard InChI is InChI=1S/C6H12N2O2S/c1-11(10)8-6(9)2-5-3-7-4-5/h5,7H,2-4H2,1H3,(H,8,9). The SMILES string of the molecule is CS(=O)NC(=O)CC1CNC1. The van der Waals surface area contributed by atoms with Gasteiger partial charge in [0.2, 0.25) is 5.91 Å². The minimum atomic E-state index is -1.21. The van der Waals surface area contributed by atoms with Gasteiger partial charge < -0.3 is 5.32 Å². The lowest BCUT2D eigenvalue weighted by molar-refractivity contribution is -0.120. The summed E-state index contributed by atoms with van der Waals surface area (Å²) in [6.07, 6.45) is 1.95. The van der Waals surface area contributed by atoms with E-state index < -0.39 is 11.0 Å². The van der Waals surface area contributed by atoms with E-state index in [0.29, 0.717) is 12.3 Å². The minimum Gasteiger partial charge on any atom is -0.316 e. The molecular weight excluding hydrogens is 164 g/mol. The van der Waals surface area contributed by atoms with Crippen molar-refractivity contribution in [1.82, 2.24) is 10.0 Å². The van der Waals surface area contributed by atoms with Crippen molar-refractivity contribution in [2.45, 2.75) is 6.42 Å². The van der Waals surface area contributed by atoms with Gasteiger partial charge in [-0.3, -0.25) is 9.52 Å². The van der Waals surface area contributed by atoms with Gasteiger partial charge in [0.05, 0.1) is 0 Å². The highest BCUT2D eigenvalue weighted by Crippen LogP contribution is 2.07. The molecule has 1 atom stereocenters. The van der Waals surface area contributed by atoms with Crippen LogP contribution in [0.25, 0.3) is 0 Å². The molecule has 11 heavy (non-hydrogen) atoms. The third kappa shape index (κ3) is 2.98. The van der Waals surface area contributed by atoms with Crippen molar-refractivity contribution < 1.29 is 9.00 Å². The summed E-state index contributed by atoms with van der Waals surface area (Å²) >= 11 is 0. The van der Waals surface area contributed by atoms with Gasteiger partial charge in [0.15, 0.2) is 0 Å². The van der Waals surface area contributed by atoms with Gasteiger partial charge >= 0.3 is 0 Å². The van der Waals surface area contributed by atoms with Gasteiger partial charge in [-0.05, 0) is 19.0 Å². The molecule has 0 spiro atoms. The van der Waals surface area contributed by atoms with E-state index in [9.17, 15) is 9.00 Å². The molecular formula is C6H12N2O2S. The van der Waals surface area contributed by atoms with Crippen molar-refractivity contribution >= 4 is 16.9 Å². The molecule has 64 valence electrons. The molecule has 5 heteroatoms. The van der Waals surface area contributed by atoms with Crippen LogP contribution in [0.4, 0.5) is 0 Å². The first-order valence-electron chi connectivity index (χ1n) is 3.52. The molecule has 1 unspecified atom stereocenters. The lowest BCUT2D eigenvalue weighted by Gasteiger charge is -2.25. The fraction of sp³-hybridized carbons (Fsp3) is 0.833. The maximum Gasteiger partial charge on any atom is 0.232 e. The molecule has 1 aliphatic heterocycles. The summed E-state index contributed by atoms with van der Waals surface area (Å²) < 4.78 is 12.9. The summed E-state index contributed by atoms with van der Waals surface area (Å²) in [7, 11) is -1.21. The van der Waals surface area contributed by atoms with E-state index in [2.05, 4.69) is 10.0 Å². The molecule has 0 aromatic heterocycles.